The van der Waals surface area contributed by atoms with Gasteiger partial charge in [-0.25, -0.2) is 9.50 Å². The molecule has 3 heterocycles. The number of halogens is 1. The minimum atomic E-state index is -0.209. The third-order valence-electron chi connectivity index (χ3n) is 3.24. The van der Waals surface area contributed by atoms with Gasteiger partial charge in [0.05, 0.1) is 11.8 Å². The Morgan fingerprint density at radius 2 is 2.39 bits per heavy atom. The zero-order chi connectivity index (χ0) is 12.7. The average Bonchev–Trinajstić information content (AvgIpc) is 2.86. The van der Waals surface area contributed by atoms with Crippen LogP contribution in [0, 0.1) is 0 Å². The first-order valence-corrected chi connectivity index (χ1v) is 6.61. The van der Waals surface area contributed by atoms with Crippen molar-refractivity contribution >= 4 is 27.3 Å². The van der Waals surface area contributed by atoms with E-state index >= 15 is 0 Å². The molecule has 0 radical (unpaired) electrons. The van der Waals surface area contributed by atoms with E-state index in [0.717, 1.165) is 35.2 Å². The van der Waals surface area contributed by atoms with E-state index in [1.165, 1.54) is 6.33 Å². The van der Waals surface area contributed by atoms with E-state index in [9.17, 15) is 5.11 Å². The number of nitrogens with zero attached hydrogens (tertiary/aromatic N) is 4. The fourth-order valence-corrected chi connectivity index (χ4v) is 3.02. The summed E-state index contributed by atoms with van der Waals surface area (Å²) in [7, 11) is 0. The average molecular weight is 312 g/mol. The molecule has 3 N–H and O–H groups in total. The van der Waals surface area contributed by atoms with Crippen LogP contribution in [0.5, 0.6) is 0 Å². The topological polar surface area (TPSA) is 79.7 Å². The summed E-state index contributed by atoms with van der Waals surface area (Å²) in [5.74, 6) is 0.463. The number of aromatic nitrogens is 3. The second kappa shape index (κ2) is 4.49. The highest BCUT2D eigenvalue weighted by atomic mass is 79.9. The number of nitrogens with two attached hydrogens (primary N) is 1. The van der Waals surface area contributed by atoms with Crippen molar-refractivity contribution in [1.82, 2.24) is 19.5 Å². The van der Waals surface area contributed by atoms with Gasteiger partial charge in [-0.05, 0) is 28.4 Å². The normalized spacial score (nSPS) is 20.9. The maximum atomic E-state index is 9.54. The number of fused-ring (bicyclic) bond motifs is 1. The second-order valence-corrected chi connectivity index (χ2v) is 5.42. The van der Waals surface area contributed by atoms with Crippen LogP contribution in [0.3, 0.4) is 0 Å². The van der Waals surface area contributed by atoms with E-state index in [-0.39, 0.29) is 6.10 Å². The van der Waals surface area contributed by atoms with E-state index in [1.54, 1.807) is 4.52 Å². The van der Waals surface area contributed by atoms with E-state index < -0.39 is 0 Å². The Bertz CT molecular complexity index is 584. The minimum Gasteiger partial charge on any atom is -0.392 e. The van der Waals surface area contributed by atoms with Crippen molar-refractivity contribution in [2.45, 2.75) is 19.1 Å². The van der Waals surface area contributed by atoms with Crippen LogP contribution in [0.15, 0.2) is 16.9 Å². The highest BCUT2D eigenvalue weighted by Crippen LogP contribution is 2.26. The molecule has 2 aromatic heterocycles. The molecule has 0 spiro atoms. The molecule has 2 aromatic rings. The molecule has 0 aromatic carbocycles. The molecule has 6 nitrogen and oxygen atoms in total. The van der Waals surface area contributed by atoms with Gasteiger partial charge in [0.2, 0.25) is 0 Å². The Balaban J connectivity index is 1.95. The molecule has 1 unspecified atom stereocenters. The van der Waals surface area contributed by atoms with Gasteiger partial charge in [0.1, 0.15) is 11.8 Å². The number of rotatable bonds is 2. The SMILES string of the molecule is Nc1ncnn2c(CN3CCC(O)C3)cc(Br)c12. The summed E-state index contributed by atoms with van der Waals surface area (Å²) in [5, 5.41) is 13.8. The van der Waals surface area contributed by atoms with Crippen LogP contribution in [0.1, 0.15) is 12.1 Å². The summed E-state index contributed by atoms with van der Waals surface area (Å²) in [6.07, 6.45) is 2.08. The molecule has 0 saturated carbocycles. The molecule has 1 saturated heterocycles. The van der Waals surface area contributed by atoms with E-state index in [4.69, 9.17) is 5.73 Å². The molecule has 0 bridgehead atoms. The summed E-state index contributed by atoms with van der Waals surface area (Å²) in [6, 6.07) is 2.01. The number of hydrogen-bond donors (Lipinski definition) is 2. The molecule has 96 valence electrons. The first kappa shape index (κ1) is 11.9. The number of aliphatic hydroxyl groups excluding tert-OH is 1. The largest absolute Gasteiger partial charge is 0.392 e. The highest BCUT2D eigenvalue weighted by Gasteiger charge is 2.22. The molecule has 18 heavy (non-hydrogen) atoms. The molecule has 1 fully saturated rings. The number of likely N-dealkylation sites (tertiary alicyclic amines) is 1. The van der Waals surface area contributed by atoms with Gasteiger partial charge >= 0.3 is 0 Å². The molecule has 0 amide bonds. The van der Waals surface area contributed by atoms with E-state index in [0.29, 0.717) is 12.4 Å². The number of aliphatic hydroxyl groups is 1. The quantitative estimate of drug-likeness (QED) is 0.851. The summed E-state index contributed by atoms with van der Waals surface area (Å²) < 4.78 is 2.70. The van der Waals surface area contributed by atoms with Gasteiger partial charge < -0.3 is 10.8 Å². The van der Waals surface area contributed by atoms with Crippen molar-refractivity contribution in [3.8, 4) is 0 Å². The third kappa shape index (κ3) is 1.98. The van der Waals surface area contributed by atoms with E-state index in [1.807, 2.05) is 6.07 Å². The summed E-state index contributed by atoms with van der Waals surface area (Å²) in [4.78, 5) is 6.19. The fraction of sp³-hybridized carbons (Fsp3) is 0.455. The van der Waals surface area contributed by atoms with Crippen molar-refractivity contribution in [2.75, 3.05) is 18.8 Å². The lowest BCUT2D eigenvalue weighted by Gasteiger charge is -2.14. The molecule has 1 atom stereocenters. The van der Waals surface area contributed by atoms with Gasteiger partial charge in [-0.15, -0.1) is 0 Å². The molecule has 0 aliphatic carbocycles. The van der Waals surface area contributed by atoms with Crippen molar-refractivity contribution in [1.29, 1.82) is 0 Å². The van der Waals surface area contributed by atoms with Crippen LogP contribution in [0.25, 0.3) is 5.52 Å². The first-order chi connectivity index (χ1) is 8.65. The predicted octanol–water partition coefficient (Wildman–Crippen LogP) is 0.641. The Hall–Kier alpha value is -1.18. The van der Waals surface area contributed by atoms with Gasteiger partial charge in [0.25, 0.3) is 0 Å². The standard InChI is InChI=1S/C11H14BrN5O/c12-9-3-7(4-16-2-1-8(18)5-16)17-10(9)11(13)14-6-15-17/h3,6,8,18H,1-2,4-5H2,(H2,13,14,15). The Morgan fingerprint density at radius 3 is 3.11 bits per heavy atom. The summed E-state index contributed by atoms with van der Waals surface area (Å²) in [6.45, 7) is 2.37. The Kier molecular flexibility index (Phi) is 2.96. The van der Waals surface area contributed by atoms with Crippen LogP contribution in [-0.2, 0) is 6.54 Å². The number of anilines is 1. The lowest BCUT2D eigenvalue weighted by Crippen LogP contribution is -2.22. The van der Waals surface area contributed by atoms with Crippen molar-refractivity contribution in [3.63, 3.8) is 0 Å². The Morgan fingerprint density at radius 1 is 1.56 bits per heavy atom. The van der Waals surface area contributed by atoms with Crippen molar-refractivity contribution in [2.24, 2.45) is 0 Å². The molecule has 3 rings (SSSR count). The smallest absolute Gasteiger partial charge is 0.152 e. The lowest BCUT2D eigenvalue weighted by atomic mass is 10.3. The minimum absolute atomic E-state index is 0.209. The molecule has 7 heteroatoms. The van der Waals surface area contributed by atoms with Crippen LogP contribution in [0.4, 0.5) is 5.82 Å². The summed E-state index contributed by atoms with van der Waals surface area (Å²) >= 11 is 3.48. The summed E-state index contributed by atoms with van der Waals surface area (Å²) in [5.41, 5.74) is 7.69. The van der Waals surface area contributed by atoms with Gasteiger partial charge in [-0.2, -0.15) is 5.10 Å². The molecular formula is C11H14BrN5O. The van der Waals surface area contributed by atoms with Gasteiger partial charge in [0.15, 0.2) is 5.82 Å². The Labute approximate surface area is 113 Å². The first-order valence-electron chi connectivity index (χ1n) is 5.82. The zero-order valence-corrected chi connectivity index (χ0v) is 11.3. The van der Waals surface area contributed by atoms with Crippen LogP contribution < -0.4 is 5.73 Å². The van der Waals surface area contributed by atoms with Crippen molar-refractivity contribution < 1.29 is 5.11 Å². The lowest BCUT2D eigenvalue weighted by molar-refractivity contribution is 0.174. The maximum Gasteiger partial charge on any atom is 0.152 e. The molecule has 1 aliphatic heterocycles. The van der Waals surface area contributed by atoms with Gasteiger partial charge in [0, 0.05) is 24.1 Å². The monoisotopic (exact) mass is 311 g/mol. The van der Waals surface area contributed by atoms with Gasteiger partial charge in [-0.1, -0.05) is 0 Å². The number of hydrogen-bond acceptors (Lipinski definition) is 5. The van der Waals surface area contributed by atoms with Gasteiger partial charge in [-0.3, -0.25) is 4.90 Å². The molecule has 1 aliphatic rings. The second-order valence-electron chi connectivity index (χ2n) is 4.57. The predicted molar refractivity (Wildman–Crippen MR) is 71.0 cm³/mol. The van der Waals surface area contributed by atoms with Crippen molar-refractivity contribution in [3.05, 3.63) is 22.6 Å². The third-order valence-corrected chi connectivity index (χ3v) is 3.85. The highest BCUT2D eigenvalue weighted by molar-refractivity contribution is 9.10. The maximum absolute atomic E-state index is 9.54. The number of β-amino-alcohol motifs (C(OH)–C–C–N with tert-alkyl or cyclic N) is 1. The van der Waals surface area contributed by atoms with E-state index in [2.05, 4.69) is 30.9 Å². The molecular weight excluding hydrogens is 298 g/mol. The number of nitrogen functional groups attached to an aromatic ring is 1. The van der Waals surface area contributed by atoms with Crippen LogP contribution >= 0.6 is 15.9 Å². The van der Waals surface area contributed by atoms with Crippen LogP contribution in [0.2, 0.25) is 0 Å². The van der Waals surface area contributed by atoms with Crippen LogP contribution in [-0.4, -0.2) is 43.8 Å². The zero-order valence-electron chi connectivity index (χ0n) is 9.75. The fourth-order valence-electron chi connectivity index (χ4n) is 2.38.